The summed E-state index contributed by atoms with van der Waals surface area (Å²) in [5, 5.41) is 0. The zero-order valence-electron chi connectivity index (χ0n) is 4.93. The fraction of sp³-hybridized carbons (Fsp3) is 0.400. The van der Waals surface area contributed by atoms with Crippen LogP contribution < -0.4 is 5.73 Å². The van der Waals surface area contributed by atoms with Gasteiger partial charge in [0.05, 0.1) is 4.91 Å². The second-order valence-electron chi connectivity index (χ2n) is 1.59. The van der Waals surface area contributed by atoms with Crippen LogP contribution in [0.3, 0.4) is 0 Å². The molecule has 46 valence electrons. The lowest BCUT2D eigenvalue weighted by molar-refractivity contribution is -0.113. The molecule has 2 N–H and O–H groups in total. The minimum absolute atomic E-state index is 0.0895. The molecule has 0 unspecified atom stereocenters. The van der Waals surface area contributed by atoms with Crippen LogP contribution in [0.2, 0.25) is 0 Å². The minimum atomic E-state index is -0.0895. The van der Waals surface area contributed by atoms with Gasteiger partial charge in [-0.1, -0.05) is 0 Å². The SMILES string of the molecule is CC(=O)C(S)=C(C)N. The van der Waals surface area contributed by atoms with Crippen molar-refractivity contribution in [2.75, 3.05) is 0 Å². The molecule has 0 aliphatic carbocycles. The van der Waals surface area contributed by atoms with Crippen molar-refractivity contribution in [3.63, 3.8) is 0 Å². The zero-order valence-corrected chi connectivity index (χ0v) is 5.83. The van der Waals surface area contributed by atoms with Crippen LogP contribution in [0.5, 0.6) is 0 Å². The summed E-state index contributed by atoms with van der Waals surface area (Å²) in [5.41, 5.74) is 5.69. The zero-order chi connectivity index (χ0) is 6.73. The summed E-state index contributed by atoms with van der Waals surface area (Å²) in [6.45, 7) is 3.07. The van der Waals surface area contributed by atoms with Crippen molar-refractivity contribution in [3.8, 4) is 0 Å². The predicted molar refractivity (Wildman–Crippen MR) is 36.6 cm³/mol. The Morgan fingerprint density at radius 2 is 1.88 bits per heavy atom. The Bertz CT molecular complexity index is 135. The van der Waals surface area contributed by atoms with Gasteiger partial charge in [-0.05, 0) is 13.8 Å². The molecule has 0 aliphatic heterocycles. The standard InChI is InChI=1S/C5H9NOS/c1-3(6)5(8)4(2)7/h8H,6H2,1-2H3. The smallest absolute Gasteiger partial charge is 0.167 e. The van der Waals surface area contributed by atoms with Gasteiger partial charge in [-0.25, -0.2) is 0 Å². The van der Waals surface area contributed by atoms with Gasteiger partial charge in [-0.15, -0.1) is 12.6 Å². The Balaban J connectivity index is 4.23. The molecule has 0 fully saturated rings. The summed E-state index contributed by atoms with van der Waals surface area (Å²) in [5.74, 6) is -0.0895. The van der Waals surface area contributed by atoms with Crippen molar-refractivity contribution in [2.45, 2.75) is 13.8 Å². The molecule has 0 aromatic heterocycles. The molecule has 0 heterocycles. The first-order valence-corrected chi connectivity index (χ1v) is 2.66. The van der Waals surface area contributed by atoms with Crippen molar-refractivity contribution in [1.29, 1.82) is 0 Å². The summed E-state index contributed by atoms with van der Waals surface area (Å²) < 4.78 is 0. The largest absolute Gasteiger partial charge is 0.401 e. The maximum atomic E-state index is 10.4. The van der Waals surface area contributed by atoms with E-state index < -0.39 is 0 Å². The number of hydrogen-bond acceptors (Lipinski definition) is 3. The van der Waals surface area contributed by atoms with E-state index in [4.69, 9.17) is 5.73 Å². The first-order valence-electron chi connectivity index (χ1n) is 2.22. The first-order chi connectivity index (χ1) is 3.55. The van der Waals surface area contributed by atoms with Crippen LogP contribution in [0.25, 0.3) is 0 Å². The maximum Gasteiger partial charge on any atom is 0.167 e. The number of nitrogens with two attached hydrogens (primary N) is 1. The highest BCUT2D eigenvalue weighted by Crippen LogP contribution is 2.03. The Kier molecular flexibility index (Phi) is 2.62. The molecular formula is C5H9NOS. The summed E-state index contributed by atoms with van der Waals surface area (Å²) in [7, 11) is 0. The lowest BCUT2D eigenvalue weighted by Crippen LogP contribution is -2.00. The normalized spacial score (nSPS) is 12.9. The van der Waals surface area contributed by atoms with Crippen molar-refractivity contribution in [2.24, 2.45) is 5.73 Å². The maximum absolute atomic E-state index is 10.4. The van der Waals surface area contributed by atoms with Crippen molar-refractivity contribution in [3.05, 3.63) is 10.6 Å². The number of carbonyl (C=O) groups is 1. The Hall–Kier alpha value is -0.440. The molecule has 0 aromatic rings. The Labute approximate surface area is 54.2 Å². The highest BCUT2D eigenvalue weighted by atomic mass is 32.1. The van der Waals surface area contributed by atoms with Gasteiger partial charge in [0, 0.05) is 5.70 Å². The molecule has 2 nitrogen and oxygen atoms in total. The van der Waals surface area contributed by atoms with Crippen LogP contribution in [0.4, 0.5) is 0 Å². The van der Waals surface area contributed by atoms with E-state index in [1.165, 1.54) is 6.92 Å². The van der Waals surface area contributed by atoms with E-state index in [1.807, 2.05) is 0 Å². The topological polar surface area (TPSA) is 43.1 Å². The van der Waals surface area contributed by atoms with Crippen molar-refractivity contribution < 1.29 is 4.79 Å². The van der Waals surface area contributed by atoms with Crippen LogP contribution in [-0.4, -0.2) is 5.78 Å². The number of ketones is 1. The average Bonchev–Trinajstić information content (AvgIpc) is 1.64. The monoisotopic (exact) mass is 131 g/mol. The van der Waals surface area contributed by atoms with Gasteiger partial charge in [0.15, 0.2) is 5.78 Å². The van der Waals surface area contributed by atoms with Gasteiger partial charge in [0.25, 0.3) is 0 Å². The average molecular weight is 131 g/mol. The Morgan fingerprint density at radius 1 is 1.50 bits per heavy atom. The summed E-state index contributed by atoms with van der Waals surface area (Å²) in [4.78, 5) is 10.7. The van der Waals surface area contributed by atoms with Crippen LogP contribution in [0.1, 0.15) is 13.8 Å². The molecule has 0 aromatic carbocycles. The van der Waals surface area contributed by atoms with Crippen molar-refractivity contribution in [1.82, 2.24) is 0 Å². The Morgan fingerprint density at radius 3 is 1.88 bits per heavy atom. The highest BCUT2D eigenvalue weighted by Gasteiger charge is 1.97. The van der Waals surface area contributed by atoms with E-state index >= 15 is 0 Å². The molecular weight excluding hydrogens is 122 g/mol. The van der Waals surface area contributed by atoms with Crippen LogP contribution in [-0.2, 0) is 4.79 Å². The van der Waals surface area contributed by atoms with Crippen molar-refractivity contribution >= 4 is 18.4 Å². The molecule has 0 radical (unpaired) electrons. The number of rotatable bonds is 1. The summed E-state index contributed by atoms with van der Waals surface area (Å²) >= 11 is 3.82. The molecule has 0 rings (SSSR count). The van der Waals surface area contributed by atoms with Crippen LogP contribution >= 0.6 is 12.6 Å². The van der Waals surface area contributed by atoms with Gasteiger partial charge in [-0.3, -0.25) is 4.79 Å². The molecule has 0 saturated heterocycles. The van der Waals surface area contributed by atoms with E-state index in [2.05, 4.69) is 12.6 Å². The lowest BCUT2D eigenvalue weighted by Gasteiger charge is -1.93. The fourth-order valence-corrected chi connectivity index (χ4v) is 0.278. The third-order valence-corrected chi connectivity index (χ3v) is 1.37. The molecule has 0 bridgehead atoms. The number of carbonyl (C=O) groups excluding carboxylic acids is 1. The van der Waals surface area contributed by atoms with Crippen LogP contribution in [0, 0.1) is 0 Å². The van der Waals surface area contributed by atoms with E-state index in [0.29, 0.717) is 10.6 Å². The van der Waals surface area contributed by atoms with E-state index in [0.717, 1.165) is 0 Å². The third kappa shape index (κ3) is 2.02. The fourth-order valence-electron chi connectivity index (χ4n) is 0.278. The van der Waals surface area contributed by atoms with Gasteiger partial charge in [0.1, 0.15) is 0 Å². The van der Waals surface area contributed by atoms with E-state index in [9.17, 15) is 4.79 Å². The lowest BCUT2D eigenvalue weighted by atomic mass is 10.3. The van der Waals surface area contributed by atoms with Gasteiger partial charge >= 0.3 is 0 Å². The second kappa shape index (κ2) is 2.77. The number of thiol groups is 1. The first kappa shape index (κ1) is 7.56. The second-order valence-corrected chi connectivity index (χ2v) is 2.04. The third-order valence-electron chi connectivity index (χ3n) is 0.707. The van der Waals surface area contributed by atoms with E-state index in [1.54, 1.807) is 6.92 Å². The molecule has 0 saturated carbocycles. The molecule has 3 heteroatoms. The van der Waals surface area contributed by atoms with Crippen LogP contribution in [0.15, 0.2) is 10.6 Å². The predicted octanol–water partition coefficient (Wildman–Crippen LogP) is 0.695. The molecule has 0 aliphatic rings. The van der Waals surface area contributed by atoms with Gasteiger partial charge in [-0.2, -0.15) is 0 Å². The summed E-state index contributed by atoms with van der Waals surface area (Å²) in [6.07, 6.45) is 0. The molecule has 8 heavy (non-hydrogen) atoms. The number of allylic oxidation sites excluding steroid dienone is 2. The van der Waals surface area contributed by atoms with Gasteiger partial charge in [0.2, 0.25) is 0 Å². The van der Waals surface area contributed by atoms with E-state index in [-0.39, 0.29) is 5.78 Å². The highest BCUT2D eigenvalue weighted by molar-refractivity contribution is 7.85. The van der Waals surface area contributed by atoms with Gasteiger partial charge < -0.3 is 5.73 Å². The summed E-state index contributed by atoms with van der Waals surface area (Å²) in [6, 6.07) is 0. The number of hydrogen-bond donors (Lipinski definition) is 2. The molecule has 0 atom stereocenters. The quantitative estimate of drug-likeness (QED) is 0.406. The minimum Gasteiger partial charge on any atom is -0.401 e. The number of Topliss-reactive ketones (excluding diaryl/α,β-unsaturated/α-hetero) is 1. The molecule has 0 amide bonds. The molecule has 0 spiro atoms.